The number of aromatic amines is 1. The molecule has 1 aromatic carbocycles. The van der Waals surface area contributed by atoms with E-state index in [9.17, 15) is 4.79 Å². The van der Waals surface area contributed by atoms with Crippen molar-refractivity contribution in [1.29, 1.82) is 0 Å². The van der Waals surface area contributed by atoms with Gasteiger partial charge in [0.15, 0.2) is 0 Å². The van der Waals surface area contributed by atoms with E-state index >= 15 is 0 Å². The van der Waals surface area contributed by atoms with Gasteiger partial charge in [-0.2, -0.15) is 0 Å². The van der Waals surface area contributed by atoms with Gasteiger partial charge in [-0.25, -0.2) is 0 Å². The van der Waals surface area contributed by atoms with Gasteiger partial charge < -0.3 is 10.1 Å². The number of aromatic nitrogens is 4. The Morgan fingerprint density at radius 1 is 1.17 bits per heavy atom. The molecule has 0 saturated heterocycles. The molecule has 0 radical (unpaired) electrons. The quantitative estimate of drug-likeness (QED) is 0.748. The number of benzene rings is 1. The van der Waals surface area contributed by atoms with Gasteiger partial charge in [-0.3, -0.25) is 14.8 Å². The van der Waals surface area contributed by atoms with E-state index in [-0.39, 0.29) is 11.5 Å². The molecule has 0 aliphatic rings. The van der Waals surface area contributed by atoms with Gasteiger partial charge >= 0.3 is 0 Å². The summed E-state index contributed by atoms with van der Waals surface area (Å²) in [6.45, 7) is 0. The van der Waals surface area contributed by atoms with Crippen LogP contribution in [0.2, 0.25) is 0 Å². The highest BCUT2D eigenvalue weighted by Crippen LogP contribution is 2.13. The van der Waals surface area contributed by atoms with Crippen LogP contribution in [0.5, 0.6) is 5.75 Å². The number of methoxy groups -OCH3 is 1. The molecule has 0 fully saturated rings. The van der Waals surface area contributed by atoms with Crippen molar-refractivity contribution >= 4 is 11.6 Å². The lowest BCUT2D eigenvalue weighted by atomic mass is 10.1. The minimum Gasteiger partial charge on any atom is -0.497 e. The van der Waals surface area contributed by atoms with E-state index in [1.807, 2.05) is 30.3 Å². The molecule has 23 heavy (non-hydrogen) atoms. The molecule has 0 bridgehead atoms. The van der Waals surface area contributed by atoms with Crippen LogP contribution < -0.4 is 15.6 Å². The lowest BCUT2D eigenvalue weighted by Crippen LogP contribution is -2.18. The number of hydrogen-bond acceptors (Lipinski definition) is 6. The molecule has 0 atom stereocenters. The number of ether oxygens (including phenoxy) is 1. The first-order valence-electron chi connectivity index (χ1n) is 7.00. The van der Waals surface area contributed by atoms with E-state index in [0.29, 0.717) is 12.1 Å². The second-order valence-electron chi connectivity index (χ2n) is 4.84. The van der Waals surface area contributed by atoms with Crippen molar-refractivity contribution in [3.63, 3.8) is 0 Å². The highest BCUT2D eigenvalue weighted by Gasteiger charge is 2.06. The minimum atomic E-state index is -0.276. The summed E-state index contributed by atoms with van der Waals surface area (Å²) in [5.74, 6) is 1.05. The molecule has 7 heteroatoms. The maximum absolute atomic E-state index is 12.1. The van der Waals surface area contributed by atoms with Crippen LogP contribution >= 0.6 is 0 Å². The molecule has 0 spiro atoms. The largest absolute Gasteiger partial charge is 0.497 e. The molecule has 3 rings (SSSR count). The lowest BCUT2D eigenvalue weighted by Gasteiger charge is -2.05. The Bertz CT molecular complexity index is 831. The van der Waals surface area contributed by atoms with E-state index in [2.05, 4.69) is 25.5 Å². The maximum Gasteiger partial charge on any atom is 0.274 e. The van der Waals surface area contributed by atoms with Crippen LogP contribution in [-0.2, 0) is 6.42 Å². The van der Waals surface area contributed by atoms with E-state index < -0.39 is 0 Å². The molecule has 0 unspecified atom stereocenters. The van der Waals surface area contributed by atoms with Crippen molar-refractivity contribution in [3.05, 3.63) is 70.4 Å². The molecule has 3 aromatic rings. The molecule has 2 N–H and O–H groups in total. The Labute approximate surface area is 132 Å². The Morgan fingerprint density at radius 3 is 2.65 bits per heavy atom. The smallest absolute Gasteiger partial charge is 0.274 e. The summed E-state index contributed by atoms with van der Waals surface area (Å²) < 4.78 is 5.11. The first-order chi connectivity index (χ1) is 11.2. The van der Waals surface area contributed by atoms with Crippen molar-refractivity contribution in [2.75, 3.05) is 12.4 Å². The zero-order chi connectivity index (χ0) is 16.1. The number of H-pyrrole nitrogens is 1. The summed E-state index contributed by atoms with van der Waals surface area (Å²) in [7, 11) is 1.61. The summed E-state index contributed by atoms with van der Waals surface area (Å²) in [6, 6.07) is 11.1. The van der Waals surface area contributed by atoms with Crippen molar-refractivity contribution in [3.8, 4) is 5.75 Å². The second-order valence-corrected chi connectivity index (χ2v) is 4.84. The Kier molecular flexibility index (Phi) is 4.28. The average Bonchev–Trinajstić information content (AvgIpc) is 2.59. The second kappa shape index (κ2) is 6.69. The zero-order valence-corrected chi connectivity index (χ0v) is 12.5. The third kappa shape index (κ3) is 3.70. The van der Waals surface area contributed by atoms with Crippen LogP contribution in [0.4, 0.5) is 11.6 Å². The zero-order valence-electron chi connectivity index (χ0n) is 12.5. The molecule has 0 aliphatic carbocycles. The van der Waals surface area contributed by atoms with E-state index in [1.54, 1.807) is 25.6 Å². The molecule has 116 valence electrons. The summed E-state index contributed by atoms with van der Waals surface area (Å²) >= 11 is 0. The standard InChI is InChI=1S/C16H15N5O2/c1-23-13-6-4-11(5-7-13)9-14-15(22)19-16(21-20-14)18-12-3-2-8-17-10-12/h2-8,10H,9H2,1H3,(H2,18,19,21,22). The Morgan fingerprint density at radius 2 is 2.00 bits per heavy atom. The van der Waals surface area contributed by atoms with Crippen LogP contribution in [-0.4, -0.2) is 27.3 Å². The molecule has 2 aromatic heterocycles. The van der Waals surface area contributed by atoms with E-state index in [1.165, 1.54) is 0 Å². The van der Waals surface area contributed by atoms with E-state index in [0.717, 1.165) is 17.0 Å². The van der Waals surface area contributed by atoms with Gasteiger partial charge in [-0.15, -0.1) is 10.2 Å². The predicted octanol–water partition coefficient (Wildman–Crippen LogP) is 1.90. The molecule has 0 amide bonds. The number of nitrogens with zero attached hydrogens (tertiary/aromatic N) is 3. The van der Waals surface area contributed by atoms with Gasteiger partial charge in [0.25, 0.3) is 5.56 Å². The van der Waals surface area contributed by atoms with Gasteiger partial charge in [0.1, 0.15) is 11.4 Å². The highest BCUT2D eigenvalue weighted by molar-refractivity contribution is 5.50. The van der Waals surface area contributed by atoms with Crippen LogP contribution in [0.1, 0.15) is 11.3 Å². The maximum atomic E-state index is 12.1. The van der Waals surface area contributed by atoms with Crippen LogP contribution in [0, 0.1) is 0 Å². The van der Waals surface area contributed by atoms with E-state index in [4.69, 9.17) is 4.74 Å². The lowest BCUT2D eigenvalue weighted by molar-refractivity contribution is 0.414. The van der Waals surface area contributed by atoms with Gasteiger partial charge in [-0.05, 0) is 29.8 Å². The monoisotopic (exact) mass is 309 g/mol. The fraction of sp³-hybridized carbons (Fsp3) is 0.125. The van der Waals surface area contributed by atoms with Crippen molar-refractivity contribution in [1.82, 2.24) is 20.2 Å². The third-order valence-corrected chi connectivity index (χ3v) is 3.22. The molecular weight excluding hydrogens is 294 g/mol. The topological polar surface area (TPSA) is 92.8 Å². The van der Waals surface area contributed by atoms with Crippen molar-refractivity contribution < 1.29 is 4.74 Å². The minimum absolute atomic E-state index is 0.276. The molecule has 2 heterocycles. The summed E-state index contributed by atoms with van der Waals surface area (Å²) in [4.78, 5) is 18.8. The Balaban J connectivity index is 1.75. The van der Waals surface area contributed by atoms with Crippen LogP contribution in [0.3, 0.4) is 0 Å². The highest BCUT2D eigenvalue weighted by atomic mass is 16.5. The van der Waals surface area contributed by atoms with Gasteiger partial charge in [0.2, 0.25) is 5.95 Å². The summed E-state index contributed by atoms with van der Waals surface area (Å²) in [6.07, 6.45) is 3.70. The van der Waals surface area contributed by atoms with Gasteiger partial charge in [-0.1, -0.05) is 12.1 Å². The summed E-state index contributed by atoms with van der Waals surface area (Å²) in [5.41, 5.74) is 1.76. The first kappa shape index (κ1) is 14.7. The fourth-order valence-electron chi connectivity index (χ4n) is 2.04. The number of anilines is 2. The number of nitrogens with one attached hydrogen (secondary N) is 2. The fourth-order valence-corrected chi connectivity index (χ4v) is 2.04. The van der Waals surface area contributed by atoms with Gasteiger partial charge in [0.05, 0.1) is 19.0 Å². The van der Waals surface area contributed by atoms with Crippen LogP contribution in [0.15, 0.2) is 53.6 Å². The van der Waals surface area contributed by atoms with Gasteiger partial charge in [0, 0.05) is 12.6 Å². The Hall–Kier alpha value is -3.22. The molecular formula is C16H15N5O2. The van der Waals surface area contributed by atoms with Crippen molar-refractivity contribution in [2.45, 2.75) is 6.42 Å². The van der Waals surface area contributed by atoms with Crippen molar-refractivity contribution in [2.24, 2.45) is 0 Å². The first-order valence-corrected chi connectivity index (χ1v) is 7.00. The molecule has 0 saturated carbocycles. The average molecular weight is 309 g/mol. The predicted molar refractivity (Wildman–Crippen MR) is 86.0 cm³/mol. The number of hydrogen-bond donors (Lipinski definition) is 2. The molecule has 7 nitrogen and oxygen atoms in total. The summed E-state index contributed by atoms with van der Waals surface area (Å²) in [5, 5.41) is 10.9. The SMILES string of the molecule is COc1ccc(Cc2nnc(Nc3cccnc3)[nH]c2=O)cc1. The number of pyridine rings is 1. The number of rotatable bonds is 5. The third-order valence-electron chi connectivity index (χ3n) is 3.22. The normalized spacial score (nSPS) is 10.3. The van der Waals surface area contributed by atoms with Crippen LogP contribution in [0.25, 0.3) is 0 Å². The molecule has 0 aliphatic heterocycles.